The lowest BCUT2D eigenvalue weighted by Gasteiger charge is -1.86. The van der Waals surface area contributed by atoms with Gasteiger partial charge in [-0.05, 0) is 0 Å². The van der Waals surface area contributed by atoms with Gasteiger partial charge >= 0.3 is 5.43 Å². The lowest BCUT2D eigenvalue weighted by molar-refractivity contribution is 0.141. The van der Waals surface area contributed by atoms with Crippen LogP contribution in [0.4, 0.5) is 4.79 Å². The van der Waals surface area contributed by atoms with Crippen molar-refractivity contribution in [3.05, 3.63) is 0 Å². The summed E-state index contributed by atoms with van der Waals surface area (Å²) in [5.74, 6) is 0. The Bertz CT molecular complexity index is 107. The van der Waals surface area contributed by atoms with E-state index in [9.17, 15) is 4.79 Å². The third kappa shape index (κ3) is 5.05. The van der Waals surface area contributed by atoms with E-state index < -0.39 is 5.43 Å². The van der Waals surface area contributed by atoms with E-state index in [1.807, 2.05) is 0 Å². The van der Waals surface area contributed by atoms with Crippen molar-refractivity contribution in [3.63, 3.8) is 0 Å². The summed E-state index contributed by atoms with van der Waals surface area (Å²) in [5, 5.41) is 7.62. The molecule has 0 saturated carbocycles. The van der Waals surface area contributed by atoms with E-state index in [2.05, 4.69) is 16.4 Å². The highest BCUT2D eigenvalue weighted by Gasteiger charge is 1.88. The first-order valence-electron chi connectivity index (χ1n) is 1.27. The van der Waals surface area contributed by atoms with Crippen molar-refractivity contribution < 1.29 is 9.63 Å². The van der Waals surface area contributed by atoms with E-state index in [0.29, 0.717) is 0 Å². The molecule has 7 heavy (non-hydrogen) atoms. The van der Waals surface area contributed by atoms with Crippen LogP contribution in [0.5, 0.6) is 0 Å². The van der Waals surface area contributed by atoms with E-state index in [4.69, 9.17) is 5.26 Å². The van der Waals surface area contributed by atoms with Crippen LogP contribution < -0.4 is 5.48 Å². The van der Waals surface area contributed by atoms with Gasteiger partial charge in [0.15, 0.2) is 0 Å². The van der Waals surface area contributed by atoms with Crippen molar-refractivity contribution in [2.45, 2.75) is 0 Å². The van der Waals surface area contributed by atoms with Crippen molar-refractivity contribution in [2.24, 2.45) is 0 Å². The van der Waals surface area contributed by atoms with Gasteiger partial charge in [-0.15, -0.1) is 0 Å². The molecule has 0 bridgehead atoms. The summed E-state index contributed by atoms with van der Waals surface area (Å²) in [6, 6.07) is 0. The number of nitrogens with zero attached hydrogens (tertiary/aromatic N) is 1. The molecule has 0 unspecified atom stereocenters. The van der Waals surface area contributed by atoms with Crippen LogP contribution in [0.15, 0.2) is 0 Å². The molecule has 0 rings (SSSR count). The molecule has 1 N–H and O–H groups in total. The molecule has 0 heterocycles. The van der Waals surface area contributed by atoms with Gasteiger partial charge in [0.25, 0.3) is 0 Å². The molecule has 0 amide bonds. The normalized spacial score (nSPS) is 6.29. The van der Waals surface area contributed by atoms with Gasteiger partial charge < -0.3 is 4.84 Å². The molecule has 0 atom stereocenters. The average molecular weight is 120 g/mol. The second kappa shape index (κ2) is 3.25. The van der Waals surface area contributed by atoms with Gasteiger partial charge in [0.1, 0.15) is 0 Å². The maximum absolute atomic E-state index is 9.53. The predicted octanol–water partition coefficient (Wildman–Crippen LogP) is 0.347. The Labute approximate surface area is 44.6 Å². The minimum atomic E-state index is -1.05. The molecule has 0 saturated heterocycles. The summed E-state index contributed by atoms with van der Waals surface area (Å²) in [7, 11) is 0. The van der Waals surface area contributed by atoms with Gasteiger partial charge in [0.05, 0.1) is 0 Å². The van der Waals surface area contributed by atoms with Crippen LogP contribution in [-0.2, 0) is 4.84 Å². The zero-order valence-electron chi connectivity index (χ0n) is 3.14. The number of carbonyl (C=O) groups is 1. The van der Waals surface area contributed by atoms with Gasteiger partial charge in [0.2, 0.25) is 6.19 Å². The van der Waals surface area contributed by atoms with Gasteiger partial charge in [-0.1, -0.05) is 0 Å². The van der Waals surface area contributed by atoms with E-state index in [1.165, 1.54) is 6.19 Å². The topological polar surface area (TPSA) is 62.1 Å². The standard InChI is InChI=1S/C2HClN2O2/c3-2(6)7-5-1-4/h5H. The van der Waals surface area contributed by atoms with Crippen LogP contribution in [0.1, 0.15) is 0 Å². The third-order valence-corrected chi connectivity index (χ3v) is 0.254. The summed E-state index contributed by atoms with van der Waals surface area (Å²) in [6.45, 7) is 0. The zero-order valence-corrected chi connectivity index (χ0v) is 3.90. The van der Waals surface area contributed by atoms with E-state index in [0.717, 1.165) is 0 Å². The monoisotopic (exact) mass is 120 g/mol. The minimum absolute atomic E-state index is 1.05. The first-order chi connectivity index (χ1) is 3.27. The highest BCUT2D eigenvalue weighted by atomic mass is 35.5. The summed E-state index contributed by atoms with van der Waals surface area (Å²) >= 11 is 4.58. The number of carbonyl (C=O) groups excluding carboxylic acids is 1. The van der Waals surface area contributed by atoms with Crippen molar-refractivity contribution >= 4 is 17.0 Å². The molecule has 0 fully saturated rings. The number of nitriles is 1. The molecule has 4 nitrogen and oxygen atoms in total. The second-order valence-corrected chi connectivity index (χ2v) is 0.862. The van der Waals surface area contributed by atoms with Crippen LogP contribution in [0, 0.1) is 11.5 Å². The minimum Gasteiger partial charge on any atom is -0.319 e. The molecular weight excluding hydrogens is 119 g/mol. The molecule has 0 aliphatic carbocycles. The molecule has 0 aromatic rings. The fraction of sp³-hybridized carbons (Fsp3) is 0. The Morgan fingerprint density at radius 2 is 2.57 bits per heavy atom. The summed E-state index contributed by atoms with van der Waals surface area (Å²) in [6.07, 6.45) is 1.32. The van der Waals surface area contributed by atoms with Crippen LogP contribution in [-0.4, -0.2) is 5.43 Å². The Kier molecular flexibility index (Phi) is 2.81. The first-order valence-corrected chi connectivity index (χ1v) is 1.65. The number of rotatable bonds is 1. The molecule has 0 aromatic heterocycles. The van der Waals surface area contributed by atoms with Gasteiger partial charge in [0, 0.05) is 11.6 Å². The highest BCUT2D eigenvalue weighted by molar-refractivity contribution is 6.61. The van der Waals surface area contributed by atoms with Crippen LogP contribution in [0.2, 0.25) is 0 Å². The van der Waals surface area contributed by atoms with Crippen LogP contribution >= 0.6 is 11.6 Å². The Morgan fingerprint density at radius 1 is 2.00 bits per heavy atom. The maximum Gasteiger partial charge on any atom is 0.428 e. The van der Waals surface area contributed by atoms with E-state index in [-0.39, 0.29) is 0 Å². The van der Waals surface area contributed by atoms with Gasteiger partial charge in [-0.25, -0.2) is 4.79 Å². The van der Waals surface area contributed by atoms with Crippen LogP contribution in [0.3, 0.4) is 0 Å². The maximum atomic E-state index is 9.53. The van der Waals surface area contributed by atoms with Crippen LogP contribution in [0.25, 0.3) is 0 Å². The molecule has 0 radical (unpaired) electrons. The molecule has 0 aromatic carbocycles. The SMILES string of the molecule is N#CNOC(=O)Cl. The van der Waals surface area contributed by atoms with E-state index in [1.54, 1.807) is 5.48 Å². The second-order valence-electron chi connectivity index (χ2n) is 0.554. The van der Waals surface area contributed by atoms with Gasteiger partial charge in [-0.3, -0.25) is 0 Å². The van der Waals surface area contributed by atoms with Crippen molar-refractivity contribution in [2.75, 3.05) is 0 Å². The lowest BCUT2D eigenvalue weighted by atomic mass is 11.4. The van der Waals surface area contributed by atoms with Crippen molar-refractivity contribution in [3.8, 4) is 6.19 Å². The summed E-state index contributed by atoms with van der Waals surface area (Å²) in [5.41, 5.74) is 0.518. The zero-order chi connectivity index (χ0) is 5.70. The Balaban J connectivity index is 3.02. The lowest BCUT2D eigenvalue weighted by Crippen LogP contribution is -2.07. The van der Waals surface area contributed by atoms with Crippen molar-refractivity contribution in [1.29, 1.82) is 5.26 Å². The number of hydrogen-bond donors (Lipinski definition) is 1. The molecule has 0 spiro atoms. The average Bonchev–Trinajstić information content (AvgIpc) is 1.61. The highest BCUT2D eigenvalue weighted by Crippen LogP contribution is 1.78. The summed E-state index contributed by atoms with van der Waals surface area (Å²) in [4.78, 5) is 13.2. The van der Waals surface area contributed by atoms with E-state index >= 15 is 0 Å². The first kappa shape index (κ1) is 6.05. The molecule has 38 valence electrons. The predicted molar refractivity (Wildman–Crippen MR) is 21.1 cm³/mol. The number of hydrogen-bond acceptors (Lipinski definition) is 4. The number of hydroxylamine groups is 1. The molecular formula is C2HClN2O2. The largest absolute Gasteiger partial charge is 0.428 e. The Hall–Kier alpha value is -0.950. The fourth-order valence-corrected chi connectivity index (χ4v) is 0.102. The Morgan fingerprint density at radius 3 is 2.71 bits per heavy atom. The molecule has 5 heteroatoms. The van der Waals surface area contributed by atoms with Crippen molar-refractivity contribution in [1.82, 2.24) is 5.48 Å². The quantitative estimate of drug-likeness (QED) is 0.235. The van der Waals surface area contributed by atoms with Gasteiger partial charge in [-0.2, -0.15) is 10.7 Å². The third-order valence-electron chi connectivity index (χ3n) is 0.177. The summed E-state index contributed by atoms with van der Waals surface area (Å²) < 4.78 is 0. The smallest absolute Gasteiger partial charge is 0.319 e. The molecule has 0 aliphatic heterocycles. The molecule has 0 aliphatic rings. The number of nitrogens with one attached hydrogen (secondary N) is 1. The fourth-order valence-electron chi connectivity index (χ4n) is 0.0629. The number of halogens is 1.